The highest BCUT2D eigenvalue weighted by Crippen LogP contribution is 2.27. The molecule has 2 rings (SSSR count). The highest BCUT2D eigenvalue weighted by atomic mass is 35.5. The fraction of sp³-hybridized carbons (Fsp3) is 0.375. The second-order valence-corrected chi connectivity index (χ2v) is 5.53. The molecule has 22 heavy (non-hydrogen) atoms. The van der Waals surface area contributed by atoms with E-state index in [1.165, 1.54) is 0 Å². The Morgan fingerprint density at radius 1 is 1.45 bits per heavy atom. The molecule has 1 aromatic heterocycles. The van der Waals surface area contributed by atoms with Gasteiger partial charge in [0.15, 0.2) is 0 Å². The van der Waals surface area contributed by atoms with Crippen LogP contribution in [0.1, 0.15) is 35.5 Å². The van der Waals surface area contributed by atoms with Crippen molar-refractivity contribution in [2.24, 2.45) is 0 Å². The number of ether oxygens (including phenoxy) is 1. The Morgan fingerprint density at radius 2 is 2.18 bits per heavy atom. The summed E-state index contributed by atoms with van der Waals surface area (Å²) in [6.07, 6.45) is 0.149. The number of amides is 1. The van der Waals surface area contributed by atoms with E-state index in [0.29, 0.717) is 22.1 Å². The number of aromatic nitrogens is 1. The molecule has 0 spiro atoms. The van der Waals surface area contributed by atoms with Crippen molar-refractivity contribution in [1.82, 2.24) is 10.5 Å². The maximum atomic E-state index is 12.3. The van der Waals surface area contributed by atoms with Crippen LogP contribution in [0.2, 0.25) is 5.02 Å². The number of methoxy groups -OCH3 is 1. The summed E-state index contributed by atoms with van der Waals surface area (Å²) in [5, 5.41) is 7.35. The van der Waals surface area contributed by atoms with Gasteiger partial charge < -0.3 is 14.6 Å². The summed E-state index contributed by atoms with van der Waals surface area (Å²) >= 11 is 6.15. The lowest BCUT2D eigenvalue weighted by Gasteiger charge is -2.15. The molecule has 0 saturated heterocycles. The van der Waals surface area contributed by atoms with Crippen molar-refractivity contribution in [3.05, 3.63) is 45.8 Å². The molecule has 0 aliphatic heterocycles. The molecule has 118 valence electrons. The Kier molecular flexibility index (Phi) is 5.08. The summed E-state index contributed by atoms with van der Waals surface area (Å²) in [5.74, 6) is 1.17. The third-order valence-electron chi connectivity index (χ3n) is 3.53. The first kappa shape index (κ1) is 16.4. The molecule has 0 aliphatic carbocycles. The third kappa shape index (κ3) is 3.42. The molecule has 1 atom stereocenters. The van der Waals surface area contributed by atoms with Gasteiger partial charge in [-0.05, 0) is 32.9 Å². The van der Waals surface area contributed by atoms with E-state index in [4.69, 9.17) is 20.9 Å². The number of carbonyl (C=O) groups is 1. The molecule has 0 aliphatic rings. The molecule has 0 bridgehead atoms. The van der Waals surface area contributed by atoms with Gasteiger partial charge in [0.1, 0.15) is 11.5 Å². The van der Waals surface area contributed by atoms with E-state index in [1.807, 2.05) is 20.8 Å². The Labute approximate surface area is 134 Å². The predicted molar refractivity (Wildman–Crippen MR) is 84.2 cm³/mol. The minimum atomic E-state index is -0.188. The number of rotatable bonds is 5. The number of halogens is 1. The van der Waals surface area contributed by atoms with Crippen LogP contribution in [0.3, 0.4) is 0 Å². The van der Waals surface area contributed by atoms with E-state index in [9.17, 15) is 4.79 Å². The standard InChI is InChI=1S/C16H19ClN2O3/c1-9(16-10(2)19-22-11(16)3)18-15(20)8-12-13(17)6-5-7-14(12)21-4/h5-7,9H,8H2,1-4H3,(H,18,20). The second kappa shape index (κ2) is 6.83. The number of benzene rings is 1. The fourth-order valence-corrected chi connectivity index (χ4v) is 2.77. The predicted octanol–water partition coefficient (Wildman–Crippen LogP) is 3.37. The van der Waals surface area contributed by atoms with Crippen molar-refractivity contribution >= 4 is 17.5 Å². The smallest absolute Gasteiger partial charge is 0.225 e. The van der Waals surface area contributed by atoms with Crippen molar-refractivity contribution in [1.29, 1.82) is 0 Å². The third-order valence-corrected chi connectivity index (χ3v) is 3.89. The minimum absolute atomic E-state index is 0.140. The summed E-state index contributed by atoms with van der Waals surface area (Å²) in [6.45, 7) is 5.58. The van der Waals surface area contributed by atoms with Crippen molar-refractivity contribution < 1.29 is 14.1 Å². The molecule has 0 saturated carbocycles. The van der Waals surface area contributed by atoms with Gasteiger partial charge in [-0.3, -0.25) is 4.79 Å². The Bertz CT molecular complexity index is 663. The molecule has 6 heteroatoms. The SMILES string of the molecule is COc1cccc(Cl)c1CC(=O)NC(C)c1c(C)noc1C. The van der Waals surface area contributed by atoms with E-state index in [2.05, 4.69) is 10.5 Å². The lowest BCUT2D eigenvalue weighted by molar-refractivity contribution is -0.121. The average molecular weight is 323 g/mol. The van der Waals surface area contributed by atoms with Gasteiger partial charge in [-0.1, -0.05) is 22.8 Å². The molecule has 1 unspecified atom stereocenters. The Balaban J connectivity index is 2.11. The van der Waals surface area contributed by atoms with Gasteiger partial charge in [-0.25, -0.2) is 0 Å². The van der Waals surface area contributed by atoms with E-state index in [0.717, 1.165) is 11.3 Å². The van der Waals surface area contributed by atoms with Crippen LogP contribution in [0.4, 0.5) is 0 Å². The van der Waals surface area contributed by atoms with E-state index in [1.54, 1.807) is 25.3 Å². The van der Waals surface area contributed by atoms with Crippen LogP contribution in [0.25, 0.3) is 0 Å². The van der Waals surface area contributed by atoms with Crippen molar-refractivity contribution in [2.75, 3.05) is 7.11 Å². The van der Waals surface area contributed by atoms with E-state index in [-0.39, 0.29) is 18.4 Å². The summed E-state index contributed by atoms with van der Waals surface area (Å²) < 4.78 is 10.4. The number of nitrogens with one attached hydrogen (secondary N) is 1. The number of carbonyl (C=O) groups excluding carboxylic acids is 1. The van der Waals surface area contributed by atoms with Crippen molar-refractivity contribution in [3.63, 3.8) is 0 Å². The molecule has 2 aromatic rings. The van der Waals surface area contributed by atoms with Crippen LogP contribution in [-0.4, -0.2) is 18.2 Å². The molecule has 0 radical (unpaired) electrons. The molecule has 5 nitrogen and oxygen atoms in total. The topological polar surface area (TPSA) is 64.4 Å². The first-order valence-corrected chi connectivity index (χ1v) is 7.35. The quantitative estimate of drug-likeness (QED) is 0.916. The van der Waals surface area contributed by atoms with Gasteiger partial charge in [0.2, 0.25) is 5.91 Å². The van der Waals surface area contributed by atoms with Crippen LogP contribution in [0.5, 0.6) is 5.75 Å². The molecule has 0 fully saturated rings. The Hall–Kier alpha value is -2.01. The van der Waals surface area contributed by atoms with Gasteiger partial charge in [0, 0.05) is 16.1 Å². The summed E-state index contributed by atoms with van der Waals surface area (Å²) in [6, 6.07) is 5.12. The molecule has 1 amide bonds. The van der Waals surface area contributed by atoms with Crippen LogP contribution >= 0.6 is 11.6 Å². The lowest BCUT2D eigenvalue weighted by atomic mass is 10.1. The van der Waals surface area contributed by atoms with Crippen molar-refractivity contribution in [2.45, 2.75) is 33.2 Å². The first-order chi connectivity index (χ1) is 10.4. The molecule has 1 N–H and O–H groups in total. The zero-order valence-electron chi connectivity index (χ0n) is 13.1. The van der Waals surface area contributed by atoms with Crippen molar-refractivity contribution in [3.8, 4) is 5.75 Å². The normalized spacial score (nSPS) is 12.0. The van der Waals surface area contributed by atoms with Gasteiger partial charge >= 0.3 is 0 Å². The number of aryl methyl sites for hydroxylation is 2. The maximum absolute atomic E-state index is 12.3. The summed E-state index contributed by atoms with van der Waals surface area (Å²) in [5.41, 5.74) is 2.36. The minimum Gasteiger partial charge on any atom is -0.496 e. The van der Waals surface area contributed by atoms with Crippen LogP contribution < -0.4 is 10.1 Å². The fourth-order valence-electron chi connectivity index (χ4n) is 2.54. The highest BCUT2D eigenvalue weighted by Gasteiger charge is 2.19. The van der Waals surface area contributed by atoms with Gasteiger partial charge in [-0.2, -0.15) is 0 Å². The van der Waals surface area contributed by atoms with Crippen LogP contribution in [0.15, 0.2) is 22.7 Å². The Morgan fingerprint density at radius 3 is 2.77 bits per heavy atom. The van der Waals surface area contributed by atoms with E-state index < -0.39 is 0 Å². The first-order valence-electron chi connectivity index (χ1n) is 6.97. The maximum Gasteiger partial charge on any atom is 0.225 e. The zero-order valence-corrected chi connectivity index (χ0v) is 13.8. The molecule has 1 aromatic carbocycles. The zero-order chi connectivity index (χ0) is 16.3. The van der Waals surface area contributed by atoms with Gasteiger partial charge in [-0.15, -0.1) is 0 Å². The van der Waals surface area contributed by atoms with Crippen LogP contribution in [0, 0.1) is 13.8 Å². The number of hydrogen-bond donors (Lipinski definition) is 1. The number of hydrogen-bond acceptors (Lipinski definition) is 4. The molecular formula is C16H19ClN2O3. The second-order valence-electron chi connectivity index (χ2n) is 5.12. The summed E-state index contributed by atoms with van der Waals surface area (Å²) in [7, 11) is 1.56. The highest BCUT2D eigenvalue weighted by molar-refractivity contribution is 6.31. The number of nitrogens with zero attached hydrogens (tertiary/aromatic N) is 1. The largest absolute Gasteiger partial charge is 0.496 e. The lowest BCUT2D eigenvalue weighted by Crippen LogP contribution is -2.28. The monoisotopic (exact) mass is 322 g/mol. The molecular weight excluding hydrogens is 304 g/mol. The van der Waals surface area contributed by atoms with Gasteiger partial charge in [0.05, 0.1) is 25.3 Å². The molecule has 1 heterocycles. The average Bonchev–Trinajstić information content (AvgIpc) is 2.80. The summed E-state index contributed by atoms with van der Waals surface area (Å²) in [4.78, 5) is 12.3. The van der Waals surface area contributed by atoms with E-state index >= 15 is 0 Å². The van der Waals surface area contributed by atoms with Crippen LogP contribution in [-0.2, 0) is 11.2 Å². The van der Waals surface area contributed by atoms with Gasteiger partial charge in [0.25, 0.3) is 0 Å².